The van der Waals surface area contributed by atoms with Gasteiger partial charge in [-0.25, -0.2) is 9.97 Å². The minimum absolute atomic E-state index is 0.0246. The summed E-state index contributed by atoms with van der Waals surface area (Å²) >= 11 is 0. The van der Waals surface area contributed by atoms with Crippen molar-refractivity contribution in [2.24, 2.45) is 11.8 Å². The van der Waals surface area contributed by atoms with E-state index in [1.54, 1.807) is 12.4 Å². The van der Waals surface area contributed by atoms with E-state index in [1.807, 2.05) is 43.3 Å². The Morgan fingerprint density at radius 3 is 2.56 bits per heavy atom. The quantitative estimate of drug-likeness (QED) is 0.464. The van der Waals surface area contributed by atoms with E-state index in [4.69, 9.17) is 9.97 Å². The minimum Gasteiger partial charge on any atom is -0.367 e. The van der Waals surface area contributed by atoms with Gasteiger partial charge in [-0.15, -0.1) is 0 Å². The Hall–Kier alpha value is -3.88. The molecular formula is C25H26N6O3. The van der Waals surface area contributed by atoms with Crippen LogP contribution in [-0.4, -0.2) is 44.8 Å². The number of hydrogen-bond acceptors (Lipinski definition) is 7. The lowest BCUT2D eigenvalue weighted by Gasteiger charge is -2.34. The predicted molar refractivity (Wildman–Crippen MR) is 126 cm³/mol. The summed E-state index contributed by atoms with van der Waals surface area (Å²) in [6.07, 6.45) is 5.50. The predicted octanol–water partition coefficient (Wildman–Crippen LogP) is 2.44. The van der Waals surface area contributed by atoms with Crippen LogP contribution in [0.2, 0.25) is 0 Å². The van der Waals surface area contributed by atoms with Gasteiger partial charge in [-0.3, -0.25) is 24.7 Å². The molecule has 1 aliphatic carbocycles. The molecule has 2 aliphatic rings. The lowest BCUT2D eigenvalue weighted by Crippen LogP contribution is -2.56. The number of aromatic nitrogens is 3. The van der Waals surface area contributed by atoms with Gasteiger partial charge >= 0.3 is 0 Å². The van der Waals surface area contributed by atoms with Crippen molar-refractivity contribution in [1.82, 2.24) is 25.6 Å². The molecule has 3 aromatic rings. The highest BCUT2D eigenvalue weighted by molar-refractivity contribution is 6.02. The molecular weight excluding hydrogens is 432 g/mol. The second-order valence-electron chi connectivity index (χ2n) is 9.27. The number of pyridine rings is 1. The zero-order valence-corrected chi connectivity index (χ0v) is 18.9. The van der Waals surface area contributed by atoms with Crippen molar-refractivity contribution < 1.29 is 14.4 Å². The Morgan fingerprint density at radius 1 is 1.09 bits per heavy atom. The summed E-state index contributed by atoms with van der Waals surface area (Å²) in [5.41, 5.74) is 1.08. The molecule has 174 valence electrons. The van der Waals surface area contributed by atoms with Gasteiger partial charge in [0.15, 0.2) is 5.82 Å². The summed E-state index contributed by atoms with van der Waals surface area (Å²) in [5.74, 6) is -0.158. The third-order valence-electron chi connectivity index (χ3n) is 6.55. The molecule has 1 saturated carbocycles. The second-order valence-corrected chi connectivity index (χ2v) is 9.27. The number of anilines is 1. The summed E-state index contributed by atoms with van der Waals surface area (Å²) in [6, 6.07) is 11.5. The number of imide groups is 1. The van der Waals surface area contributed by atoms with Crippen LogP contribution >= 0.6 is 0 Å². The van der Waals surface area contributed by atoms with Crippen molar-refractivity contribution in [1.29, 1.82) is 0 Å². The fraction of sp³-hybridized carbons (Fsp3) is 0.360. The molecule has 0 spiro atoms. The number of hydrogen-bond donors (Lipinski definition) is 3. The van der Waals surface area contributed by atoms with Gasteiger partial charge in [0.25, 0.3) is 0 Å². The number of carbonyl (C=O) groups excluding carboxylic acids is 3. The summed E-state index contributed by atoms with van der Waals surface area (Å²) in [4.78, 5) is 50.1. The highest BCUT2D eigenvalue weighted by Gasteiger charge is 2.44. The molecule has 9 nitrogen and oxygen atoms in total. The van der Waals surface area contributed by atoms with Crippen LogP contribution in [0.25, 0.3) is 22.3 Å². The molecule has 1 aliphatic heterocycles. The Bertz CT molecular complexity index is 1240. The van der Waals surface area contributed by atoms with E-state index in [0.717, 1.165) is 29.3 Å². The number of nitrogens with zero attached hydrogens (tertiary/aromatic N) is 3. The van der Waals surface area contributed by atoms with Gasteiger partial charge in [0.05, 0.1) is 17.0 Å². The highest BCUT2D eigenvalue weighted by Crippen LogP contribution is 2.40. The average molecular weight is 459 g/mol. The van der Waals surface area contributed by atoms with Crippen molar-refractivity contribution in [3.63, 3.8) is 0 Å². The first kappa shape index (κ1) is 21.9. The van der Waals surface area contributed by atoms with E-state index in [-0.39, 0.29) is 18.7 Å². The molecule has 3 heterocycles. The third-order valence-corrected chi connectivity index (χ3v) is 6.55. The second kappa shape index (κ2) is 8.81. The Balaban J connectivity index is 1.39. The maximum Gasteiger partial charge on any atom is 0.227 e. The number of carbonyl (C=O) groups is 3. The molecule has 2 aromatic heterocycles. The normalized spacial score (nSPS) is 18.3. The standard InChI is InChI=1S/C25H26N6O3/c1-25(17-8-9-17,31-24(34)16-11-20(32)29-21(33)12-16)14-27-23-18-6-2-3-7-19(18)28-22(30-23)15-5-4-10-26-13-15/h2-7,10,13,16-17H,8-9,11-12,14H2,1H3,(H,31,34)(H,27,28,30)(H,29,32,33). The lowest BCUT2D eigenvalue weighted by atomic mass is 9.91. The fourth-order valence-electron chi connectivity index (χ4n) is 4.46. The number of rotatable bonds is 7. The number of piperidine rings is 1. The van der Waals surface area contributed by atoms with Gasteiger partial charge in [-0.2, -0.15) is 0 Å². The maximum absolute atomic E-state index is 13.0. The van der Waals surface area contributed by atoms with Crippen LogP contribution in [-0.2, 0) is 14.4 Å². The number of amides is 3. The summed E-state index contributed by atoms with van der Waals surface area (Å²) in [7, 11) is 0. The van der Waals surface area contributed by atoms with Gasteiger partial charge in [0.2, 0.25) is 17.7 Å². The Labute approximate surface area is 196 Å². The maximum atomic E-state index is 13.0. The minimum atomic E-state index is -0.642. The number of fused-ring (bicyclic) bond motifs is 1. The number of nitrogens with one attached hydrogen (secondary N) is 3. The highest BCUT2D eigenvalue weighted by atomic mass is 16.2. The molecule has 5 rings (SSSR count). The smallest absolute Gasteiger partial charge is 0.227 e. The first-order chi connectivity index (χ1) is 16.4. The van der Waals surface area contributed by atoms with Crippen LogP contribution in [0.15, 0.2) is 48.8 Å². The average Bonchev–Trinajstić information content (AvgIpc) is 3.69. The topological polar surface area (TPSA) is 126 Å². The molecule has 1 unspecified atom stereocenters. The largest absolute Gasteiger partial charge is 0.367 e. The van der Waals surface area contributed by atoms with Crippen molar-refractivity contribution in [3.8, 4) is 11.4 Å². The first-order valence-corrected chi connectivity index (χ1v) is 11.5. The molecule has 9 heteroatoms. The van der Waals surface area contributed by atoms with E-state index in [2.05, 4.69) is 20.9 Å². The van der Waals surface area contributed by atoms with Crippen molar-refractivity contribution in [2.45, 2.75) is 38.1 Å². The SMILES string of the molecule is CC(CNc1nc(-c2cccnc2)nc2ccccc12)(NC(=O)C1CC(=O)NC(=O)C1)C1CC1. The molecule has 0 bridgehead atoms. The molecule has 1 atom stereocenters. The zero-order chi connectivity index (χ0) is 23.7. The molecule has 34 heavy (non-hydrogen) atoms. The van der Waals surface area contributed by atoms with Gasteiger partial charge in [-0.1, -0.05) is 12.1 Å². The van der Waals surface area contributed by atoms with E-state index < -0.39 is 23.3 Å². The molecule has 3 amide bonds. The summed E-state index contributed by atoms with van der Waals surface area (Å²) in [6.45, 7) is 2.45. The van der Waals surface area contributed by atoms with Crippen LogP contribution in [0, 0.1) is 11.8 Å². The van der Waals surface area contributed by atoms with Gasteiger partial charge < -0.3 is 10.6 Å². The molecule has 1 saturated heterocycles. The zero-order valence-electron chi connectivity index (χ0n) is 18.9. The Morgan fingerprint density at radius 2 is 1.85 bits per heavy atom. The third kappa shape index (κ3) is 4.59. The number of benzene rings is 1. The van der Waals surface area contributed by atoms with Crippen molar-refractivity contribution >= 4 is 34.4 Å². The first-order valence-electron chi connectivity index (χ1n) is 11.5. The molecule has 1 aromatic carbocycles. The van der Waals surface area contributed by atoms with Crippen molar-refractivity contribution in [2.75, 3.05) is 11.9 Å². The van der Waals surface area contributed by atoms with Crippen LogP contribution in [0.1, 0.15) is 32.6 Å². The van der Waals surface area contributed by atoms with E-state index >= 15 is 0 Å². The van der Waals surface area contributed by atoms with Crippen LogP contribution in [0.4, 0.5) is 5.82 Å². The molecule has 0 radical (unpaired) electrons. The van der Waals surface area contributed by atoms with Crippen LogP contribution in [0.3, 0.4) is 0 Å². The van der Waals surface area contributed by atoms with Gasteiger partial charge in [0, 0.05) is 42.7 Å². The monoisotopic (exact) mass is 458 g/mol. The Kier molecular flexibility index (Phi) is 5.69. The van der Waals surface area contributed by atoms with E-state index in [9.17, 15) is 14.4 Å². The molecule has 3 N–H and O–H groups in total. The summed E-state index contributed by atoms with van der Waals surface area (Å²) in [5, 5.41) is 9.74. The summed E-state index contributed by atoms with van der Waals surface area (Å²) < 4.78 is 0. The molecule has 2 fully saturated rings. The van der Waals surface area contributed by atoms with Crippen molar-refractivity contribution in [3.05, 3.63) is 48.8 Å². The van der Waals surface area contributed by atoms with Gasteiger partial charge in [-0.05, 0) is 49.9 Å². The number of para-hydroxylation sites is 1. The fourth-order valence-corrected chi connectivity index (χ4v) is 4.46. The van der Waals surface area contributed by atoms with Gasteiger partial charge in [0.1, 0.15) is 5.82 Å². The van der Waals surface area contributed by atoms with Crippen LogP contribution < -0.4 is 16.0 Å². The van der Waals surface area contributed by atoms with E-state index in [0.29, 0.717) is 24.1 Å². The van der Waals surface area contributed by atoms with E-state index in [1.165, 1.54) is 0 Å². The lowest BCUT2D eigenvalue weighted by molar-refractivity contribution is -0.141. The van der Waals surface area contributed by atoms with Crippen LogP contribution in [0.5, 0.6) is 0 Å².